The van der Waals surface area contributed by atoms with Gasteiger partial charge in [-0.1, -0.05) is 0 Å². The number of carbonyl (C=O) groups excluding carboxylic acids is 1. The number of hydrogen-bond acceptors (Lipinski definition) is 19. The number of aryl methyl sites for hydroxylation is 1. The van der Waals surface area contributed by atoms with Gasteiger partial charge >= 0.3 is 94.3 Å². The van der Waals surface area contributed by atoms with Crippen LogP contribution in [0.3, 0.4) is 0 Å². The minimum atomic E-state index is -5.45. The zero-order valence-electron chi connectivity index (χ0n) is 25.0. The van der Waals surface area contributed by atoms with Crippen molar-refractivity contribution in [3.8, 4) is 5.75 Å². The zero-order chi connectivity index (χ0) is 32.7. The van der Waals surface area contributed by atoms with Gasteiger partial charge in [-0.2, -0.15) is 0 Å². The van der Waals surface area contributed by atoms with E-state index in [1.54, 1.807) is 6.92 Å². The SMILES string of the molecule is Cc1cc(=O)oc2cc(O[C@@H]3O[C@H](C(=O)[O-])[C@@H](O[C@H]4O[C@H](COS(=O)(=O)[O-])[C@@H](O)[C@H](O)[C@H]4NS(=O)(=O)[O-])[C@H](O)[C@H]3O)ccc12.[Na+].[Na+].[Na+]. The number of hydrogen-bond donors (Lipinski definition) is 5. The first-order valence-corrected chi connectivity index (χ1v) is 15.0. The molecule has 1 aromatic carbocycles. The molecule has 0 radical (unpaired) electrons. The molecule has 10 atom stereocenters. The molecule has 0 spiro atoms. The van der Waals surface area contributed by atoms with Gasteiger partial charge in [0.25, 0.3) is 0 Å². The van der Waals surface area contributed by atoms with Crippen molar-refractivity contribution < 1.29 is 172 Å². The molecule has 3 heterocycles. The van der Waals surface area contributed by atoms with Crippen molar-refractivity contribution in [3.05, 3.63) is 40.2 Å². The predicted molar refractivity (Wildman–Crippen MR) is 131 cm³/mol. The van der Waals surface area contributed by atoms with Crippen molar-refractivity contribution in [3.63, 3.8) is 0 Å². The molecule has 2 fully saturated rings. The molecule has 2 aromatic rings. The number of carbonyl (C=O) groups is 1. The van der Waals surface area contributed by atoms with Crippen LogP contribution in [-0.4, -0.2) is 120 Å². The summed E-state index contributed by atoms with van der Waals surface area (Å²) in [4.78, 5) is 23.7. The minimum absolute atomic E-state index is 0. The fraction of sp³-hybridized carbons (Fsp3) is 0.545. The van der Waals surface area contributed by atoms with Gasteiger partial charge in [-0.15, -0.1) is 0 Å². The van der Waals surface area contributed by atoms with Crippen LogP contribution in [-0.2, 0) is 43.9 Å². The summed E-state index contributed by atoms with van der Waals surface area (Å²) in [5, 5.41) is 54.6. The minimum Gasteiger partial charge on any atom is -0.735 e. The van der Waals surface area contributed by atoms with Crippen LogP contribution < -0.4 is 109 Å². The second-order valence-corrected chi connectivity index (χ2v) is 11.9. The molecule has 246 valence electrons. The summed E-state index contributed by atoms with van der Waals surface area (Å²) in [7, 11) is -10.8. The Balaban J connectivity index is 0.00000368. The summed E-state index contributed by atoms with van der Waals surface area (Å²) < 4.78 is 98.2. The van der Waals surface area contributed by atoms with Crippen LogP contribution in [0, 0.1) is 6.92 Å². The summed E-state index contributed by atoms with van der Waals surface area (Å²) in [6.45, 7) is 0.371. The van der Waals surface area contributed by atoms with E-state index in [2.05, 4.69) is 4.18 Å². The van der Waals surface area contributed by atoms with Gasteiger partial charge in [-0.25, -0.2) is 26.4 Å². The maximum Gasteiger partial charge on any atom is 1.00 e. The molecule has 2 saturated heterocycles. The average molecular weight is 740 g/mol. The van der Waals surface area contributed by atoms with E-state index >= 15 is 0 Å². The van der Waals surface area contributed by atoms with E-state index in [4.69, 9.17) is 23.4 Å². The van der Waals surface area contributed by atoms with Crippen LogP contribution in [0.5, 0.6) is 5.75 Å². The number of fused-ring (bicyclic) bond motifs is 1. The van der Waals surface area contributed by atoms with Gasteiger partial charge in [-0.3, -0.25) is 4.18 Å². The van der Waals surface area contributed by atoms with Gasteiger partial charge in [0.05, 0.1) is 12.6 Å². The van der Waals surface area contributed by atoms with Gasteiger partial charge in [-0.05, 0) is 24.6 Å². The van der Waals surface area contributed by atoms with Crippen LogP contribution in [0.25, 0.3) is 11.0 Å². The molecule has 5 N–H and O–H groups in total. The Bertz CT molecular complexity index is 1660. The second-order valence-electron chi connectivity index (χ2n) is 9.66. The smallest absolute Gasteiger partial charge is 0.735 e. The first-order valence-electron chi connectivity index (χ1n) is 12.3. The van der Waals surface area contributed by atoms with Gasteiger partial charge in [0.2, 0.25) is 16.7 Å². The molecule has 47 heavy (non-hydrogen) atoms. The number of carboxylic acid groups (broad SMARTS) is 1. The van der Waals surface area contributed by atoms with Crippen LogP contribution in [0.2, 0.25) is 0 Å². The third-order valence-electron chi connectivity index (χ3n) is 6.60. The zero-order valence-corrected chi connectivity index (χ0v) is 32.7. The fourth-order valence-electron chi connectivity index (χ4n) is 4.57. The molecule has 1 aromatic heterocycles. The summed E-state index contributed by atoms with van der Waals surface area (Å²) in [6, 6.07) is 3.05. The van der Waals surface area contributed by atoms with Gasteiger partial charge < -0.3 is 62.8 Å². The van der Waals surface area contributed by atoms with Gasteiger partial charge in [0, 0.05) is 17.5 Å². The summed E-state index contributed by atoms with van der Waals surface area (Å²) in [6.07, 6.45) is -19.7. The third-order valence-corrected chi connectivity index (χ3v) is 7.59. The van der Waals surface area contributed by atoms with E-state index < -0.39 is 100 Å². The van der Waals surface area contributed by atoms with Crippen molar-refractivity contribution in [2.75, 3.05) is 6.61 Å². The average Bonchev–Trinajstić information content (AvgIpc) is 2.89. The fourth-order valence-corrected chi connectivity index (χ4v) is 5.46. The topological polar surface area (TPSA) is 324 Å². The van der Waals surface area contributed by atoms with Crippen LogP contribution in [0.15, 0.2) is 33.5 Å². The van der Waals surface area contributed by atoms with E-state index in [1.165, 1.54) is 29.0 Å². The molecule has 2 aliphatic heterocycles. The first-order chi connectivity index (χ1) is 20.3. The summed E-state index contributed by atoms with van der Waals surface area (Å²) in [5.74, 6) is -2.20. The third kappa shape index (κ3) is 11.6. The standard InChI is InChI=1S/C22H27NO19S2.3Na/c1-7-4-12(24)39-10-5-8(2-3-9(7)10)38-22-17(28)16(27)18(19(42-22)20(29)30)41-21-13(23-43(31,32)33)15(26)14(25)11(40-21)6-37-44(34,35)36;;;/h2-5,11,13-19,21-23,25-28H,6H2,1H3,(H,29,30)(H,31,32,33)(H,34,35,36);;;/q;3*+1/p-3/t11-,13-,14-,15-,16-,17-,18+,19+,21-,22-;;;/m1.../s1. The Kier molecular flexibility index (Phi) is 17.4. The van der Waals surface area contributed by atoms with Gasteiger partial charge in [0.1, 0.15) is 60.1 Å². The number of aliphatic hydroxyl groups is 4. The first kappa shape index (κ1) is 45.2. The number of aliphatic carboxylic acids is 1. The molecule has 25 heteroatoms. The molecule has 0 amide bonds. The molecule has 0 saturated carbocycles. The van der Waals surface area contributed by atoms with Crippen molar-refractivity contribution >= 4 is 37.6 Å². The normalized spacial score (nSPS) is 31.1. The molecule has 0 bridgehead atoms. The molecule has 0 aliphatic carbocycles. The van der Waals surface area contributed by atoms with Crippen molar-refractivity contribution in [1.82, 2.24) is 4.72 Å². The Morgan fingerprint density at radius 2 is 1.57 bits per heavy atom. The number of rotatable bonds is 10. The summed E-state index contributed by atoms with van der Waals surface area (Å²) in [5.41, 5.74) is -0.0636. The number of ether oxygens (including phenoxy) is 4. The van der Waals surface area contributed by atoms with E-state index in [-0.39, 0.29) is 100 Å². The maximum absolute atomic E-state index is 12.0. The molecular formula is C22H24NNa3O19S2. The Morgan fingerprint density at radius 3 is 2.15 bits per heavy atom. The van der Waals surface area contributed by atoms with E-state index in [0.717, 1.165) is 0 Å². The largest absolute Gasteiger partial charge is 1.00 e. The molecule has 4 rings (SSSR count). The van der Waals surface area contributed by atoms with Crippen molar-refractivity contribution in [2.45, 2.75) is 68.3 Å². The monoisotopic (exact) mass is 739 g/mol. The molecule has 20 nitrogen and oxygen atoms in total. The Hall–Kier alpha value is 0.160. The number of nitrogens with one attached hydrogen (secondary N) is 1. The quantitative estimate of drug-likeness (QED) is 0.0653. The Morgan fingerprint density at radius 1 is 0.936 bits per heavy atom. The van der Waals surface area contributed by atoms with E-state index in [9.17, 15) is 61.1 Å². The molecular weight excluding hydrogens is 715 g/mol. The van der Waals surface area contributed by atoms with Crippen molar-refractivity contribution in [1.29, 1.82) is 0 Å². The molecule has 0 unspecified atom stereocenters. The molecule has 2 aliphatic rings. The van der Waals surface area contributed by atoms with Crippen LogP contribution in [0.1, 0.15) is 5.56 Å². The second kappa shape index (κ2) is 18.1. The van der Waals surface area contributed by atoms with Crippen molar-refractivity contribution in [2.24, 2.45) is 0 Å². The number of aliphatic hydroxyl groups excluding tert-OH is 4. The van der Waals surface area contributed by atoms with Crippen LogP contribution in [0.4, 0.5) is 0 Å². The van der Waals surface area contributed by atoms with E-state index in [1.807, 2.05) is 0 Å². The number of benzene rings is 1. The van der Waals surface area contributed by atoms with Crippen LogP contribution >= 0.6 is 0 Å². The predicted octanol–water partition coefficient (Wildman–Crippen LogP) is -14.6. The summed E-state index contributed by atoms with van der Waals surface area (Å²) >= 11 is 0. The van der Waals surface area contributed by atoms with Gasteiger partial charge in [0.15, 0.2) is 16.6 Å². The Labute approximate surface area is 332 Å². The number of carboxylic acids is 1. The van der Waals surface area contributed by atoms with E-state index in [0.29, 0.717) is 10.9 Å². The maximum atomic E-state index is 12.0.